The van der Waals surface area contributed by atoms with Crippen molar-refractivity contribution in [2.24, 2.45) is 5.92 Å². The lowest BCUT2D eigenvalue weighted by Gasteiger charge is -2.32. The van der Waals surface area contributed by atoms with E-state index in [0.717, 1.165) is 36.5 Å². The summed E-state index contributed by atoms with van der Waals surface area (Å²) in [5.41, 5.74) is 1.13. The third kappa shape index (κ3) is 3.07. The predicted octanol–water partition coefficient (Wildman–Crippen LogP) is 3.24. The summed E-state index contributed by atoms with van der Waals surface area (Å²) in [4.78, 5) is 19.6. The van der Waals surface area contributed by atoms with Gasteiger partial charge in [0.05, 0.1) is 4.88 Å². The molecule has 0 N–H and O–H groups in total. The molecule has 3 nitrogen and oxygen atoms in total. The summed E-state index contributed by atoms with van der Waals surface area (Å²) >= 11 is 1.53. The number of aromatic nitrogens is 1. The smallest absolute Gasteiger partial charge is 0.263 e. The minimum atomic E-state index is 0.186. The Labute approximate surface area is 123 Å². The number of amides is 1. The second-order valence-corrected chi connectivity index (χ2v) is 6.21. The molecule has 1 saturated heterocycles. The molecule has 4 heteroatoms. The summed E-state index contributed by atoms with van der Waals surface area (Å²) in [5.74, 6) is 0.716. The molecule has 104 valence electrons. The zero-order valence-corrected chi connectivity index (χ0v) is 12.2. The number of rotatable bonds is 3. The second kappa shape index (κ2) is 6.18. The molecule has 2 aromatic heterocycles. The number of thiophene rings is 1. The van der Waals surface area contributed by atoms with Gasteiger partial charge in [0.1, 0.15) is 0 Å². The topological polar surface area (TPSA) is 33.2 Å². The number of nitrogens with zero attached hydrogens (tertiary/aromatic N) is 2. The molecule has 0 aliphatic carbocycles. The molecule has 1 unspecified atom stereocenters. The van der Waals surface area contributed by atoms with Crippen LogP contribution in [-0.4, -0.2) is 28.9 Å². The molecule has 3 heterocycles. The fourth-order valence-electron chi connectivity index (χ4n) is 2.79. The Morgan fingerprint density at radius 3 is 3.05 bits per heavy atom. The van der Waals surface area contributed by atoms with Crippen LogP contribution < -0.4 is 0 Å². The molecular weight excluding hydrogens is 268 g/mol. The average molecular weight is 286 g/mol. The van der Waals surface area contributed by atoms with Crippen molar-refractivity contribution in [3.8, 4) is 0 Å². The van der Waals surface area contributed by atoms with E-state index in [0.29, 0.717) is 5.92 Å². The molecule has 0 bridgehead atoms. The standard InChI is InChI=1S/C16H18N2OS/c19-16(15-7-4-10-20-15)18-9-3-5-13(12-18)11-14-6-1-2-8-17-14/h1-2,4,6-8,10,13H,3,5,9,11-12H2. The highest BCUT2D eigenvalue weighted by Gasteiger charge is 2.25. The Kier molecular flexibility index (Phi) is 4.11. The van der Waals surface area contributed by atoms with E-state index in [1.807, 2.05) is 40.7 Å². The number of pyridine rings is 1. The Morgan fingerprint density at radius 1 is 1.35 bits per heavy atom. The maximum atomic E-state index is 12.4. The highest BCUT2D eigenvalue weighted by Crippen LogP contribution is 2.22. The SMILES string of the molecule is O=C(c1cccs1)N1CCCC(Cc2ccccn2)C1. The van der Waals surface area contributed by atoms with Gasteiger partial charge >= 0.3 is 0 Å². The number of hydrogen-bond donors (Lipinski definition) is 0. The van der Waals surface area contributed by atoms with Gasteiger partial charge < -0.3 is 4.90 Å². The molecule has 1 atom stereocenters. The molecule has 1 aliphatic heterocycles. The van der Waals surface area contributed by atoms with Crippen molar-refractivity contribution in [1.29, 1.82) is 0 Å². The van der Waals surface area contributed by atoms with Crippen molar-refractivity contribution >= 4 is 17.2 Å². The number of carbonyl (C=O) groups is 1. The van der Waals surface area contributed by atoms with Gasteiger partial charge in [-0.05, 0) is 48.8 Å². The van der Waals surface area contributed by atoms with E-state index < -0.39 is 0 Å². The van der Waals surface area contributed by atoms with Crippen LogP contribution in [0.5, 0.6) is 0 Å². The lowest BCUT2D eigenvalue weighted by Crippen LogP contribution is -2.40. The number of hydrogen-bond acceptors (Lipinski definition) is 3. The van der Waals surface area contributed by atoms with Crippen molar-refractivity contribution < 1.29 is 4.79 Å². The van der Waals surface area contributed by atoms with Crippen LogP contribution in [0.15, 0.2) is 41.9 Å². The van der Waals surface area contributed by atoms with Gasteiger partial charge in [-0.15, -0.1) is 11.3 Å². The maximum Gasteiger partial charge on any atom is 0.263 e. The van der Waals surface area contributed by atoms with E-state index in [4.69, 9.17) is 0 Å². The lowest BCUT2D eigenvalue weighted by molar-refractivity contribution is 0.0677. The zero-order chi connectivity index (χ0) is 13.8. The number of likely N-dealkylation sites (tertiary alicyclic amines) is 1. The highest BCUT2D eigenvalue weighted by molar-refractivity contribution is 7.12. The Balaban J connectivity index is 1.63. The molecule has 0 saturated carbocycles. The Hall–Kier alpha value is -1.68. The minimum Gasteiger partial charge on any atom is -0.338 e. The molecule has 2 aromatic rings. The van der Waals surface area contributed by atoms with Gasteiger partial charge in [-0.25, -0.2) is 0 Å². The molecule has 0 spiro atoms. The molecule has 1 amide bonds. The second-order valence-electron chi connectivity index (χ2n) is 5.26. The number of carbonyl (C=O) groups excluding carboxylic acids is 1. The summed E-state index contributed by atoms with van der Waals surface area (Å²) in [5, 5.41) is 1.96. The van der Waals surface area contributed by atoms with Crippen LogP contribution in [0.4, 0.5) is 0 Å². The molecule has 0 radical (unpaired) electrons. The minimum absolute atomic E-state index is 0.186. The highest BCUT2D eigenvalue weighted by atomic mass is 32.1. The quantitative estimate of drug-likeness (QED) is 0.868. The summed E-state index contributed by atoms with van der Waals surface area (Å²) in [7, 11) is 0. The van der Waals surface area contributed by atoms with E-state index in [1.54, 1.807) is 0 Å². The summed E-state index contributed by atoms with van der Waals surface area (Å²) in [6, 6.07) is 9.89. The third-order valence-corrected chi connectivity index (χ3v) is 4.62. The van der Waals surface area contributed by atoms with Gasteiger partial charge in [0, 0.05) is 25.0 Å². The molecule has 1 fully saturated rings. The van der Waals surface area contributed by atoms with Crippen molar-refractivity contribution in [1.82, 2.24) is 9.88 Å². The molecule has 20 heavy (non-hydrogen) atoms. The van der Waals surface area contributed by atoms with Crippen LogP contribution >= 0.6 is 11.3 Å². The van der Waals surface area contributed by atoms with Crippen LogP contribution in [-0.2, 0) is 6.42 Å². The first-order valence-electron chi connectivity index (χ1n) is 7.05. The normalized spacial score (nSPS) is 19.0. The van der Waals surface area contributed by atoms with Crippen molar-refractivity contribution in [2.75, 3.05) is 13.1 Å². The van der Waals surface area contributed by atoms with Gasteiger partial charge in [-0.1, -0.05) is 12.1 Å². The van der Waals surface area contributed by atoms with Crippen molar-refractivity contribution in [2.45, 2.75) is 19.3 Å². The van der Waals surface area contributed by atoms with Crippen LogP contribution in [0.2, 0.25) is 0 Å². The van der Waals surface area contributed by atoms with E-state index >= 15 is 0 Å². The monoisotopic (exact) mass is 286 g/mol. The third-order valence-electron chi connectivity index (χ3n) is 3.76. The molecule has 0 aromatic carbocycles. The fraction of sp³-hybridized carbons (Fsp3) is 0.375. The predicted molar refractivity (Wildman–Crippen MR) is 80.9 cm³/mol. The van der Waals surface area contributed by atoms with Crippen molar-refractivity contribution in [3.05, 3.63) is 52.5 Å². The zero-order valence-electron chi connectivity index (χ0n) is 11.4. The van der Waals surface area contributed by atoms with Crippen LogP contribution in [0, 0.1) is 5.92 Å². The first-order chi connectivity index (χ1) is 9.83. The summed E-state index contributed by atoms with van der Waals surface area (Å²) < 4.78 is 0. The number of piperidine rings is 1. The molecule has 3 rings (SSSR count). The maximum absolute atomic E-state index is 12.4. The van der Waals surface area contributed by atoms with E-state index in [1.165, 1.54) is 17.8 Å². The molecule has 1 aliphatic rings. The van der Waals surface area contributed by atoms with E-state index in [2.05, 4.69) is 11.1 Å². The van der Waals surface area contributed by atoms with Crippen LogP contribution in [0.1, 0.15) is 28.2 Å². The van der Waals surface area contributed by atoms with Gasteiger partial charge in [0.15, 0.2) is 0 Å². The largest absolute Gasteiger partial charge is 0.338 e. The average Bonchev–Trinajstić information content (AvgIpc) is 3.02. The fourth-order valence-corrected chi connectivity index (χ4v) is 3.48. The summed E-state index contributed by atoms with van der Waals surface area (Å²) in [6.07, 6.45) is 5.08. The van der Waals surface area contributed by atoms with E-state index in [-0.39, 0.29) is 5.91 Å². The van der Waals surface area contributed by atoms with Gasteiger partial charge in [-0.2, -0.15) is 0 Å². The van der Waals surface area contributed by atoms with E-state index in [9.17, 15) is 4.79 Å². The van der Waals surface area contributed by atoms with Gasteiger partial charge in [-0.3, -0.25) is 9.78 Å². The molecular formula is C16H18N2OS. The van der Waals surface area contributed by atoms with Gasteiger partial charge in [0.25, 0.3) is 5.91 Å². The van der Waals surface area contributed by atoms with Gasteiger partial charge in [0.2, 0.25) is 0 Å². The summed E-state index contributed by atoms with van der Waals surface area (Å²) in [6.45, 7) is 1.74. The van der Waals surface area contributed by atoms with Crippen LogP contribution in [0.25, 0.3) is 0 Å². The first kappa shape index (κ1) is 13.3. The van der Waals surface area contributed by atoms with Crippen molar-refractivity contribution in [3.63, 3.8) is 0 Å². The first-order valence-corrected chi connectivity index (χ1v) is 7.93. The Morgan fingerprint density at radius 2 is 2.30 bits per heavy atom. The lowest BCUT2D eigenvalue weighted by atomic mass is 9.93. The Bertz CT molecular complexity index is 553. The van der Waals surface area contributed by atoms with Crippen LogP contribution in [0.3, 0.4) is 0 Å².